The Bertz CT molecular complexity index is 1060. The summed E-state index contributed by atoms with van der Waals surface area (Å²) in [6.07, 6.45) is 1.64. The van der Waals surface area contributed by atoms with Gasteiger partial charge in [-0.1, -0.05) is 24.3 Å². The second-order valence-electron chi connectivity index (χ2n) is 6.13. The fourth-order valence-electron chi connectivity index (χ4n) is 2.98. The Morgan fingerprint density at radius 2 is 1.85 bits per heavy atom. The molecule has 0 radical (unpaired) electrons. The minimum absolute atomic E-state index is 0.0715. The van der Waals surface area contributed by atoms with Gasteiger partial charge in [0.2, 0.25) is 0 Å². The molecule has 1 amide bonds. The molecule has 0 aliphatic rings. The van der Waals surface area contributed by atoms with E-state index in [0.29, 0.717) is 5.69 Å². The van der Waals surface area contributed by atoms with Crippen LogP contribution in [0.3, 0.4) is 0 Å². The highest BCUT2D eigenvalue weighted by Crippen LogP contribution is 2.23. The van der Waals surface area contributed by atoms with Crippen molar-refractivity contribution in [3.63, 3.8) is 0 Å². The predicted molar refractivity (Wildman–Crippen MR) is 117 cm³/mol. The molecule has 0 saturated carbocycles. The van der Waals surface area contributed by atoms with Gasteiger partial charge >= 0.3 is 0 Å². The molecule has 5 heteroatoms. The number of halogens is 1. The number of amides is 1. The molecule has 0 fully saturated rings. The number of aryl methyl sites for hydroxylation is 1. The molecule has 3 rings (SSSR count). The number of hydrogen-bond acceptors (Lipinski definition) is 2. The average molecular weight is 467 g/mol. The zero-order valence-electron chi connectivity index (χ0n) is 15.0. The summed E-state index contributed by atoms with van der Waals surface area (Å²) in [5.41, 5.74) is 4.67. The van der Waals surface area contributed by atoms with Crippen molar-refractivity contribution in [2.75, 3.05) is 5.32 Å². The van der Waals surface area contributed by atoms with E-state index in [-0.39, 0.29) is 5.57 Å². The van der Waals surface area contributed by atoms with Crippen LogP contribution in [-0.4, -0.2) is 10.5 Å². The Morgan fingerprint density at radius 1 is 1.11 bits per heavy atom. The third kappa shape index (κ3) is 4.29. The normalized spacial score (nSPS) is 11.1. The summed E-state index contributed by atoms with van der Waals surface area (Å²) in [4.78, 5) is 12.5. The number of hydrogen-bond donors (Lipinski definition) is 1. The van der Waals surface area contributed by atoms with Gasteiger partial charge in [0.1, 0.15) is 11.6 Å². The Hall–Kier alpha value is -2.85. The van der Waals surface area contributed by atoms with E-state index < -0.39 is 5.91 Å². The first-order valence-corrected chi connectivity index (χ1v) is 9.50. The Labute approximate surface area is 172 Å². The molecule has 0 unspecified atom stereocenters. The summed E-state index contributed by atoms with van der Waals surface area (Å²) in [5.74, 6) is -0.413. The highest BCUT2D eigenvalue weighted by Gasteiger charge is 2.14. The van der Waals surface area contributed by atoms with Crippen molar-refractivity contribution in [1.82, 2.24) is 4.57 Å². The highest BCUT2D eigenvalue weighted by atomic mass is 127. The van der Waals surface area contributed by atoms with Crippen LogP contribution in [0.25, 0.3) is 11.8 Å². The number of rotatable bonds is 4. The number of nitrogens with one attached hydrogen (secondary N) is 1. The van der Waals surface area contributed by atoms with Crippen LogP contribution < -0.4 is 5.32 Å². The molecular formula is C22H18IN3O. The minimum Gasteiger partial charge on any atom is -0.321 e. The van der Waals surface area contributed by atoms with Crippen LogP contribution >= 0.6 is 22.6 Å². The van der Waals surface area contributed by atoms with Gasteiger partial charge < -0.3 is 9.88 Å². The summed E-state index contributed by atoms with van der Waals surface area (Å²) in [5, 5.41) is 12.3. The number of aromatic nitrogens is 1. The van der Waals surface area contributed by atoms with E-state index in [4.69, 9.17) is 0 Å². The monoisotopic (exact) mass is 467 g/mol. The molecular weight excluding hydrogens is 449 g/mol. The summed E-state index contributed by atoms with van der Waals surface area (Å²) < 4.78 is 3.12. The fraction of sp³-hybridized carbons (Fsp3) is 0.0909. The summed E-state index contributed by atoms with van der Waals surface area (Å²) >= 11 is 2.18. The minimum atomic E-state index is -0.413. The maximum Gasteiger partial charge on any atom is 0.266 e. The molecule has 0 bridgehead atoms. The Morgan fingerprint density at radius 3 is 2.52 bits per heavy atom. The first-order chi connectivity index (χ1) is 13.0. The first kappa shape index (κ1) is 18.9. The van der Waals surface area contributed by atoms with Gasteiger partial charge in [-0.25, -0.2) is 0 Å². The van der Waals surface area contributed by atoms with E-state index in [1.54, 1.807) is 12.1 Å². The van der Waals surface area contributed by atoms with E-state index in [1.807, 2.05) is 74.5 Å². The fourth-order valence-corrected chi connectivity index (χ4v) is 3.52. The molecule has 27 heavy (non-hydrogen) atoms. The summed E-state index contributed by atoms with van der Waals surface area (Å²) in [7, 11) is 0. The van der Waals surface area contributed by atoms with E-state index in [2.05, 4.69) is 32.5 Å². The van der Waals surface area contributed by atoms with Crippen LogP contribution in [-0.2, 0) is 4.79 Å². The van der Waals surface area contributed by atoms with Gasteiger partial charge in [0, 0.05) is 26.3 Å². The highest BCUT2D eigenvalue weighted by molar-refractivity contribution is 14.1. The third-order valence-corrected chi connectivity index (χ3v) is 4.90. The second kappa shape index (κ2) is 8.23. The molecule has 4 nitrogen and oxygen atoms in total. The van der Waals surface area contributed by atoms with Crippen molar-refractivity contribution >= 4 is 40.3 Å². The van der Waals surface area contributed by atoms with E-state index >= 15 is 0 Å². The average Bonchev–Trinajstić information content (AvgIpc) is 2.93. The molecule has 2 aromatic carbocycles. The SMILES string of the molecule is Cc1cc(/C=C(\C#N)C(=O)Nc2cccc(I)c2)c(C)n1-c1ccccc1. The second-order valence-corrected chi connectivity index (χ2v) is 7.38. The lowest BCUT2D eigenvalue weighted by atomic mass is 10.1. The molecule has 0 spiro atoms. The van der Waals surface area contributed by atoms with Gasteiger partial charge in [-0.05, 0) is 84.5 Å². The standard InChI is InChI=1S/C22H18IN3O/c1-15-11-17(16(2)26(15)21-9-4-3-5-10-21)12-18(14-24)22(27)25-20-8-6-7-19(23)13-20/h3-13H,1-2H3,(H,25,27)/b18-12+. The van der Waals surface area contributed by atoms with E-state index in [1.165, 1.54) is 0 Å². The largest absolute Gasteiger partial charge is 0.321 e. The summed E-state index contributed by atoms with van der Waals surface area (Å²) in [6, 6.07) is 21.5. The molecule has 134 valence electrons. The number of carbonyl (C=O) groups excluding carboxylic acids is 1. The number of nitriles is 1. The smallest absolute Gasteiger partial charge is 0.266 e. The zero-order chi connectivity index (χ0) is 19.4. The van der Waals surface area contributed by atoms with Crippen molar-refractivity contribution in [3.05, 3.63) is 86.8 Å². The van der Waals surface area contributed by atoms with Gasteiger partial charge in [0.25, 0.3) is 5.91 Å². The molecule has 1 heterocycles. The van der Waals surface area contributed by atoms with Crippen molar-refractivity contribution < 1.29 is 4.79 Å². The molecule has 3 aromatic rings. The molecule has 0 aliphatic heterocycles. The first-order valence-electron chi connectivity index (χ1n) is 8.42. The number of anilines is 1. The predicted octanol–water partition coefficient (Wildman–Crippen LogP) is 5.24. The summed E-state index contributed by atoms with van der Waals surface area (Å²) in [6.45, 7) is 3.99. The van der Waals surface area contributed by atoms with Gasteiger partial charge in [-0.3, -0.25) is 4.79 Å². The maximum absolute atomic E-state index is 12.5. The van der Waals surface area contributed by atoms with Crippen LogP contribution in [0.15, 0.2) is 66.2 Å². The molecule has 0 atom stereocenters. The van der Waals surface area contributed by atoms with Crippen molar-refractivity contribution in [3.8, 4) is 11.8 Å². The van der Waals surface area contributed by atoms with E-state index in [0.717, 1.165) is 26.2 Å². The van der Waals surface area contributed by atoms with Crippen LogP contribution in [0.4, 0.5) is 5.69 Å². The maximum atomic E-state index is 12.5. The zero-order valence-corrected chi connectivity index (χ0v) is 17.2. The molecule has 1 N–H and O–H groups in total. The topological polar surface area (TPSA) is 57.8 Å². The van der Waals surface area contributed by atoms with Crippen molar-refractivity contribution in [2.45, 2.75) is 13.8 Å². The quantitative estimate of drug-likeness (QED) is 0.324. The van der Waals surface area contributed by atoms with Gasteiger partial charge in [0.15, 0.2) is 0 Å². The lowest BCUT2D eigenvalue weighted by Gasteiger charge is -2.09. The number of benzene rings is 2. The number of para-hydroxylation sites is 1. The van der Waals surface area contributed by atoms with Gasteiger partial charge in [0.05, 0.1) is 0 Å². The lowest BCUT2D eigenvalue weighted by Crippen LogP contribution is -2.13. The Balaban J connectivity index is 1.92. The molecule has 1 aromatic heterocycles. The van der Waals surface area contributed by atoms with Crippen LogP contribution in [0, 0.1) is 28.7 Å². The lowest BCUT2D eigenvalue weighted by molar-refractivity contribution is -0.112. The van der Waals surface area contributed by atoms with Crippen LogP contribution in [0.1, 0.15) is 17.0 Å². The third-order valence-electron chi connectivity index (χ3n) is 4.23. The van der Waals surface area contributed by atoms with Gasteiger partial charge in [-0.15, -0.1) is 0 Å². The van der Waals surface area contributed by atoms with Crippen molar-refractivity contribution in [1.29, 1.82) is 5.26 Å². The van der Waals surface area contributed by atoms with Crippen LogP contribution in [0.2, 0.25) is 0 Å². The Kier molecular flexibility index (Phi) is 5.77. The van der Waals surface area contributed by atoms with Gasteiger partial charge in [-0.2, -0.15) is 5.26 Å². The number of carbonyl (C=O) groups is 1. The molecule has 0 saturated heterocycles. The number of nitrogens with zero attached hydrogens (tertiary/aromatic N) is 2. The van der Waals surface area contributed by atoms with E-state index in [9.17, 15) is 10.1 Å². The molecule has 0 aliphatic carbocycles. The van der Waals surface area contributed by atoms with Crippen molar-refractivity contribution in [2.24, 2.45) is 0 Å². The van der Waals surface area contributed by atoms with Crippen LogP contribution in [0.5, 0.6) is 0 Å².